The van der Waals surface area contributed by atoms with Gasteiger partial charge in [-0.05, 0) is 42.7 Å². The molecule has 0 radical (unpaired) electrons. The molecule has 0 spiro atoms. The van der Waals surface area contributed by atoms with Gasteiger partial charge in [0.2, 0.25) is 11.8 Å². The van der Waals surface area contributed by atoms with E-state index in [1.807, 2.05) is 43.4 Å². The highest BCUT2D eigenvalue weighted by atomic mass is 35.5. The van der Waals surface area contributed by atoms with Crippen molar-refractivity contribution in [2.24, 2.45) is 7.05 Å². The number of benzene rings is 2. The third kappa shape index (κ3) is 7.07. The van der Waals surface area contributed by atoms with Crippen LogP contribution in [-0.2, 0) is 29.7 Å². The van der Waals surface area contributed by atoms with Gasteiger partial charge in [0.25, 0.3) is 0 Å². The van der Waals surface area contributed by atoms with Gasteiger partial charge in [-0.25, -0.2) is 0 Å². The molecular formula is C38H39Cl2N7O3. The Labute approximate surface area is 300 Å². The summed E-state index contributed by atoms with van der Waals surface area (Å²) >= 11 is 14.2. The third-order valence-electron chi connectivity index (χ3n) is 9.56. The van der Waals surface area contributed by atoms with E-state index < -0.39 is 0 Å². The minimum absolute atomic E-state index is 0.107. The van der Waals surface area contributed by atoms with E-state index in [1.54, 1.807) is 19.5 Å². The Bertz CT molecular complexity index is 2080. The normalized spacial score (nSPS) is 17.4. The van der Waals surface area contributed by atoms with Crippen LogP contribution in [0.5, 0.6) is 5.75 Å². The molecule has 0 bridgehead atoms. The van der Waals surface area contributed by atoms with Gasteiger partial charge in [0.15, 0.2) is 0 Å². The lowest BCUT2D eigenvalue weighted by Gasteiger charge is -2.16. The van der Waals surface area contributed by atoms with Crippen molar-refractivity contribution in [3.05, 3.63) is 88.3 Å². The van der Waals surface area contributed by atoms with Crippen molar-refractivity contribution in [2.45, 2.75) is 50.9 Å². The molecule has 0 saturated carbocycles. The van der Waals surface area contributed by atoms with Crippen molar-refractivity contribution in [3.63, 3.8) is 0 Å². The maximum Gasteiger partial charge on any atom is 0.220 e. The molecule has 258 valence electrons. The van der Waals surface area contributed by atoms with Gasteiger partial charge in [-0.2, -0.15) is 0 Å². The number of nitrogens with zero attached hydrogens (tertiary/aromatic N) is 3. The number of aryl methyl sites for hydroxylation is 1. The molecule has 0 aliphatic carbocycles. The number of rotatable bonds is 12. The molecule has 2 aliphatic heterocycles. The molecule has 2 atom stereocenters. The number of hydrogen-bond acceptors (Lipinski definition) is 7. The summed E-state index contributed by atoms with van der Waals surface area (Å²) in [6, 6.07) is 16.3. The molecule has 2 saturated heterocycles. The fraction of sp³-hybridized carbons (Fsp3) is 0.316. The number of nitrogens with one attached hydrogen (secondary N) is 4. The zero-order valence-electron chi connectivity index (χ0n) is 28.0. The molecule has 50 heavy (non-hydrogen) atoms. The van der Waals surface area contributed by atoms with Crippen LogP contribution in [0.15, 0.2) is 67.1 Å². The Morgan fingerprint density at radius 3 is 1.92 bits per heavy atom. The van der Waals surface area contributed by atoms with Crippen LogP contribution >= 0.6 is 23.2 Å². The van der Waals surface area contributed by atoms with Crippen molar-refractivity contribution in [3.8, 4) is 39.4 Å². The number of carbonyl (C=O) groups is 2. The van der Waals surface area contributed by atoms with Gasteiger partial charge < -0.3 is 30.6 Å². The first kappa shape index (κ1) is 34.0. The van der Waals surface area contributed by atoms with E-state index in [0.29, 0.717) is 53.9 Å². The smallest absolute Gasteiger partial charge is 0.220 e. The molecule has 3 aromatic heterocycles. The van der Waals surface area contributed by atoms with Gasteiger partial charge in [-0.15, -0.1) is 0 Å². The highest BCUT2D eigenvalue weighted by Gasteiger charge is 2.22. The number of halogens is 2. The summed E-state index contributed by atoms with van der Waals surface area (Å²) in [5.74, 6) is 0.951. The summed E-state index contributed by atoms with van der Waals surface area (Å²) in [7, 11) is 3.68. The number of aromatic nitrogens is 3. The van der Waals surface area contributed by atoms with Crippen molar-refractivity contribution in [1.29, 1.82) is 0 Å². The molecule has 5 heterocycles. The predicted molar refractivity (Wildman–Crippen MR) is 197 cm³/mol. The van der Waals surface area contributed by atoms with Crippen molar-refractivity contribution < 1.29 is 14.3 Å². The topological polar surface area (TPSA) is 122 Å². The van der Waals surface area contributed by atoms with Gasteiger partial charge in [0.1, 0.15) is 5.75 Å². The summed E-state index contributed by atoms with van der Waals surface area (Å²) < 4.78 is 7.85. The summed E-state index contributed by atoms with van der Waals surface area (Å²) in [5, 5.41) is 15.0. The molecule has 10 nitrogen and oxygen atoms in total. The molecule has 2 fully saturated rings. The van der Waals surface area contributed by atoms with Crippen LogP contribution < -0.4 is 26.0 Å². The highest BCUT2D eigenvalue weighted by molar-refractivity contribution is 6.39. The number of ether oxygens (including phenoxy) is 1. The molecule has 4 N–H and O–H groups in total. The molecule has 0 unspecified atom stereocenters. The first-order chi connectivity index (χ1) is 24.3. The molecule has 2 amide bonds. The second-order valence-electron chi connectivity index (χ2n) is 12.9. The number of amides is 2. The maximum atomic E-state index is 11.5. The SMILES string of the molecule is COc1cc(-c2nccc(-c3ccnc(-c4ccc5c(CNC[C@H]6CCC(=O)N6)cn(C)c5c4)c3Cl)c2Cl)ccc1CNC[C@H]1CCC(=O)N1. The van der Waals surface area contributed by atoms with Crippen LogP contribution in [0.1, 0.15) is 36.8 Å². The Morgan fingerprint density at radius 2 is 1.36 bits per heavy atom. The van der Waals surface area contributed by atoms with Crippen molar-refractivity contribution in [2.75, 3.05) is 20.2 Å². The van der Waals surface area contributed by atoms with E-state index in [4.69, 9.17) is 27.9 Å². The second kappa shape index (κ2) is 14.8. The highest BCUT2D eigenvalue weighted by Crippen LogP contribution is 2.42. The van der Waals surface area contributed by atoms with Gasteiger partial charge >= 0.3 is 0 Å². The van der Waals surface area contributed by atoms with Gasteiger partial charge in [0.05, 0.1) is 28.5 Å². The Morgan fingerprint density at radius 1 is 0.800 bits per heavy atom. The Balaban J connectivity index is 1.11. The largest absolute Gasteiger partial charge is 0.496 e. The van der Waals surface area contributed by atoms with Gasteiger partial charge in [-0.3, -0.25) is 19.6 Å². The molecular weight excluding hydrogens is 673 g/mol. The lowest BCUT2D eigenvalue weighted by molar-refractivity contribution is -0.120. The molecule has 2 aliphatic rings. The maximum absolute atomic E-state index is 11.5. The fourth-order valence-corrected chi connectivity index (χ4v) is 7.57. The first-order valence-corrected chi connectivity index (χ1v) is 17.6. The minimum atomic E-state index is 0.107. The number of pyridine rings is 2. The zero-order chi connectivity index (χ0) is 34.8. The van der Waals surface area contributed by atoms with E-state index in [9.17, 15) is 9.59 Å². The summed E-state index contributed by atoms with van der Waals surface area (Å²) in [6.07, 6.45) is 8.51. The van der Waals surface area contributed by atoms with Crippen molar-refractivity contribution in [1.82, 2.24) is 35.8 Å². The number of methoxy groups -OCH3 is 1. The third-order valence-corrected chi connectivity index (χ3v) is 10.3. The number of hydrogen-bond donors (Lipinski definition) is 4. The van der Waals surface area contributed by atoms with Gasteiger partial charge in [0, 0.05) is 115 Å². The Hall–Kier alpha value is -4.48. The van der Waals surface area contributed by atoms with E-state index in [-0.39, 0.29) is 23.9 Å². The van der Waals surface area contributed by atoms with Crippen LogP contribution in [-0.4, -0.2) is 58.6 Å². The van der Waals surface area contributed by atoms with Crippen LogP contribution in [0.3, 0.4) is 0 Å². The lowest BCUT2D eigenvalue weighted by Crippen LogP contribution is -2.35. The van der Waals surface area contributed by atoms with E-state index in [2.05, 4.69) is 54.1 Å². The van der Waals surface area contributed by atoms with Gasteiger partial charge in [-0.1, -0.05) is 47.5 Å². The summed E-state index contributed by atoms with van der Waals surface area (Å²) in [4.78, 5) is 32.4. The predicted octanol–water partition coefficient (Wildman–Crippen LogP) is 6.02. The summed E-state index contributed by atoms with van der Waals surface area (Å²) in [6.45, 7) is 2.74. The van der Waals surface area contributed by atoms with E-state index in [1.165, 1.54) is 5.56 Å². The number of fused-ring (bicyclic) bond motifs is 1. The summed E-state index contributed by atoms with van der Waals surface area (Å²) in [5.41, 5.74) is 7.74. The molecule has 2 aromatic carbocycles. The number of carbonyl (C=O) groups excluding carboxylic acids is 2. The average molecular weight is 713 g/mol. The average Bonchev–Trinajstić information content (AvgIpc) is 3.83. The van der Waals surface area contributed by atoms with Crippen LogP contribution in [0, 0.1) is 0 Å². The van der Waals surface area contributed by atoms with E-state index in [0.717, 1.165) is 63.9 Å². The lowest BCUT2D eigenvalue weighted by atomic mass is 10.00. The first-order valence-electron chi connectivity index (χ1n) is 16.8. The molecule has 7 rings (SSSR count). The molecule has 12 heteroatoms. The van der Waals surface area contributed by atoms with Crippen molar-refractivity contribution >= 4 is 45.9 Å². The standard InChI is InChI=1S/C38H39Cl2N7O3/c1-47-21-25(18-42-20-27-7-10-34(49)46-27)28-8-5-22(15-31(28)47)37-35(39)29(11-13-43-37)30-12-14-44-38(36(30)40)23-3-4-24(32(16-23)50-2)17-41-19-26-6-9-33(48)45-26/h3-5,8,11-16,21,26-27,41-42H,6-7,9-10,17-20H2,1-2H3,(H,45,48)(H,46,49)/t26-,27-/m1/s1. The quantitative estimate of drug-likeness (QED) is 0.125. The van der Waals surface area contributed by atoms with Crippen LogP contribution in [0.4, 0.5) is 0 Å². The Kier molecular flexibility index (Phi) is 10.1. The zero-order valence-corrected chi connectivity index (χ0v) is 29.5. The van der Waals surface area contributed by atoms with Crippen LogP contribution in [0.25, 0.3) is 44.5 Å². The minimum Gasteiger partial charge on any atom is -0.496 e. The van der Waals surface area contributed by atoms with E-state index >= 15 is 0 Å². The second-order valence-corrected chi connectivity index (χ2v) is 13.7. The molecule has 5 aromatic rings. The fourth-order valence-electron chi connectivity index (χ4n) is 6.92. The van der Waals surface area contributed by atoms with Crippen LogP contribution in [0.2, 0.25) is 10.0 Å². The monoisotopic (exact) mass is 711 g/mol.